The summed E-state index contributed by atoms with van der Waals surface area (Å²) in [6.45, 7) is 0.503. The van der Waals surface area contributed by atoms with Gasteiger partial charge in [-0.25, -0.2) is 0 Å². The monoisotopic (exact) mass is 391 g/mol. The summed E-state index contributed by atoms with van der Waals surface area (Å²) in [7, 11) is 0. The number of hydrogen-bond acceptors (Lipinski definition) is 4. The van der Waals surface area contributed by atoms with Crippen molar-refractivity contribution in [1.82, 2.24) is 19.2 Å². The summed E-state index contributed by atoms with van der Waals surface area (Å²) >= 11 is 0. The third kappa shape index (κ3) is 2.93. The van der Waals surface area contributed by atoms with E-state index in [4.69, 9.17) is 5.26 Å². The summed E-state index contributed by atoms with van der Waals surface area (Å²) in [6.07, 6.45) is 0.716. The molecule has 2 heterocycles. The van der Waals surface area contributed by atoms with Crippen LogP contribution in [0, 0.1) is 11.3 Å². The van der Waals surface area contributed by atoms with Crippen LogP contribution in [0.5, 0.6) is 0 Å². The van der Waals surface area contributed by atoms with Gasteiger partial charge in [0.05, 0.1) is 22.5 Å². The van der Waals surface area contributed by atoms with Crippen molar-refractivity contribution >= 4 is 16.7 Å². The second-order valence-electron chi connectivity index (χ2n) is 7.06. The zero-order valence-electron chi connectivity index (χ0n) is 16.1. The molecule has 0 aliphatic heterocycles. The Bertz CT molecular complexity index is 1460. The van der Waals surface area contributed by atoms with E-state index in [1.807, 2.05) is 59.0 Å². The summed E-state index contributed by atoms with van der Waals surface area (Å²) in [5.74, 6) is 1.15. The molecule has 0 amide bonds. The van der Waals surface area contributed by atoms with Crippen molar-refractivity contribution < 1.29 is 0 Å². The molecule has 0 radical (unpaired) electrons. The Morgan fingerprint density at radius 1 is 0.867 bits per heavy atom. The first kappa shape index (κ1) is 17.8. The van der Waals surface area contributed by atoms with E-state index in [2.05, 4.69) is 28.4 Å². The van der Waals surface area contributed by atoms with Crippen molar-refractivity contribution in [2.45, 2.75) is 13.0 Å². The van der Waals surface area contributed by atoms with E-state index in [1.165, 1.54) is 0 Å². The molecule has 2 aromatic heterocycles. The molecule has 0 unspecified atom stereocenters. The Labute approximate surface area is 172 Å². The van der Waals surface area contributed by atoms with Crippen LogP contribution < -0.4 is 5.56 Å². The maximum atomic E-state index is 13.2. The molecule has 3 aromatic carbocycles. The molecule has 0 fully saturated rings. The van der Waals surface area contributed by atoms with Crippen molar-refractivity contribution in [2.24, 2.45) is 0 Å². The molecule has 0 saturated carbocycles. The lowest BCUT2D eigenvalue weighted by Gasteiger charge is -2.11. The Balaban J connectivity index is 1.72. The number of benzene rings is 3. The summed E-state index contributed by atoms with van der Waals surface area (Å²) in [4.78, 5) is 13.2. The van der Waals surface area contributed by atoms with Crippen LogP contribution in [0.15, 0.2) is 83.7 Å². The SMILES string of the molecule is N#Cc1ccc(-c2nnc3n(CCc4ccccc4)c(=O)c4ccccc4n23)cc1. The van der Waals surface area contributed by atoms with Gasteiger partial charge in [-0.2, -0.15) is 5.26 Å². The van der Waals surface area contributed by atoms with Crippen molar-refractivity contribution in [1.29, 1.82) is 5.26 Å². The van der Waals surface area contributed by atoms with Gasteiger partial charge in [-0.1, -0.05) is 42.5 Å². The van der Waals surface area contributed by atoms with Crippen LogP contribution in [0.4, 0.5) is 0 Å². The first-order valence-corrected chi connectivity index (χ1v) is 9.67. The van der Waals surface area contributed by atoms with E-state index in [-0.39, 0.29) is 5.56 Å². The van der Waals surface area contributed by atoms with E-state index in [1.54, 1.807) is 16.7 Å². The minimum atomic E-state index is -0.0761. The molecular formula is C24H17N5O. The zero-order chi connectivity index (χ0) is 20.5. The Kier molecular flexibility index (Phi) is 4.34. The first-order chi connectivity index (χ1) is 14.8. The van der Waals surface area contributed by atoms with E-state index in [0.717, 1.165) is 16.6 Å². The number of nitrogens with zero attached hydrogens (tertiary/aromatic N) is 5. The van der Waals surface area contributed by atoms with Crippen molar-refractivity contribution in [3.8, 4) is 17.5 Å². The molecule has 5 rings (SSSR count). The molecule has 6 nitrogen and oxygen atoms in total. The van der Waals surface area contributed by atoms with Crippen molar-refractivity contribution in [3.05, 3.63) is 100 Å². The minimum Gasteiger partial charge on any atom is -0.276 e. The van der Waals surface area contributed by atoms with Crippen LogP contribution in [-0.2, 0) is 13.0 Å². The molecule has 6 heteroatoms. The summed E-state index contributed by atoms with van der Waals surface area (Å²) in [6, 6.07) is 26.9. The smallest absolute Gasteiger partial charge is 0.262 e. The molecule has 0 saturated heterocycles. The second-order valence-corrected chi connectivity index (χ2v) is 7.06. The molecule has 0 bridgehead atoms. The highest BCUT2D eigenvalue weighted by Crippen LogP contribution is 2.23. The van der Waals surface area contributed by atoms with E-state index in [9.17, 15) is 4.79 Å². The topological polar surface area (TPSA) is 76.0 Å². The minimum absolute atomic E-state index is 0.0761. The maximum Gasteiger partial charge on any atom is 0.262 e. The summed E-state index contributed by atoms with van der Waals surface area (Å²) in [5, 5.41) is 18.5. The summed E-state index contributed by atoms with van der Waals surface area (Å²) in [5.41, 5.74) is 3.25. The molecule has 0 aliphatic carbocycles. The molecule has 144 valence electrons. The van der Waals surface area contributed by atoms with E-state index >= 15 is 0 Å². The molecular weight excluding hydrogens is 374 g/mol. The van der Waals surface area contributed by atoms with Gasteiger partial charge in [-0.3, -0.25) is 13.8 Å². The average molecular weight is 391 g/mol. The van der Waals surface area contributed by atoms with Gasteiger partial charge in [-0.15, -0.1) is 10.2 Å². The Morgan fingerprint density at radius 3 is 2.37 bits per heavy atom. The number of hydrogen-bond donors (Lipinski definition) is 0. The van der Waals surface area contributed by atoms with E-state index < -0.39 is 0 Å². The zero-order valence-corrected chi connectivity index (χ0v) is 16.1. The van der Waals surface area contributed by atoms with Crippen LogP contribution in [0.2, 0.25) is 0 Å². The molecule has 0 spiro atoms. The second kappa shape index (κ2) is 7.30. The quantitative estimate of drug-likeness (QED) is 0.467. The summed E-state index contributed by atoms with van der Waals surface area (Å²) < 4.78 is 3.61. The highest BCUT2D eigenvalue weighted by Gasteiger charge is 2.17. The molecule has 0 atom stereocenters. The van der Waals surface area contributed by atoms with Gasteiger partial charge in [0.15, 0.2) is 5.82 Å². The normalized spacial score (nSPS) is 11.0. The first-order valence-electron chi connectivity index (χ1n) is 9.67. The largest absolute Gasteiger partial charge is 0.276 e. The lowest BCUT2D eigenvalue weighted by Crippen LogP contribution is -2.24. The fourth-order valence-corrected chi connectivity index (χ4v) is 3.73. The number of rotatable bonds is 4. The number of nitriles is 1. The molecule has 0 aliphatic rings. The third-order valence-corrected chi connectivity index (χ3v) is 5.25. The third-order valence-electron chi connectivity index (χ3n) is 5.25. The van der Waals surface area contributed by atoms with Gasteiger partial charge in [0.2, 0.25) is 5.78 Å². The fraction of sp³-hybridized carbons (Fsp3) is 0.0833. The Morgan fingerprint density at radius 2 is 1.60 bits per heavy atom. The lowest BCUT2D eigenvalue weighted by atomic mass is 10.1. The van der Waals surface area contributed by atoms with Crippen LogP contribution in [-0.4, -0.2) is 19.2 Å². The van der Waals surface area contributed by atoms with Crippen molar-refractivity contribution in [3.63, 3.8) is 0 Å². The van der Waals surface area contributed by atoms with Gasteiger partial charge in [0.25, 0.3) is 5.56 Å². The average Bonchev–Trinajstić information content (AvgIpc) is 3.25. The molecule has 5 aromatic rings. The maximum absolute atomic E-state index is 13.2. The Hall–Kier alpha value is -4.24. The lowest BCUT2D eigenvalue weighted by molar-refractivity contribution is 0.678. The van der Waals surface area contributed by atoms with Crippen LogP contribution in [0.1, 0.15) is 11.1 Å². The highest BCUT2D eigenvalue weighted by molar-refractivity contribution is 5.82. The molecule has 0 N–H and O–H groups in total. The van der Waals surface area contributed by atoms with Crippen LogP contribution in [0.3, 0.4) is 0 Å². The fourth-order valence-electron chi connectivity index (χ4n) is 3.73. The van der Waals surface area contributed by atoms with Gasteiger partial charge in [0, 0.05) is 12.1 Å². The van der Waals surface area contributed by atoms with Gasteiger partial charge >= 0.3 is 0 Å². The number of fused-ring (bicyclic) bond motifs is 3. The number of aromatic nitrogens is 4. The molecule has 30 heavy (non-hydrogen) atoms. The van der Waals surface area contributed by atoms with Gasteiger partial charge < -0.3 is 0 Å². The van der Waals surface area contributed by atoms with Gasteiger partial charge in [-0.05, 0) is 48.4 Å². The van der Waals surface area contributed by atoms with Crippen molar-refractivity contribution in [2.75, 3.05) is 0 Å². The van der Waals surface area contributed by atoms with E-state index in [0.29, 0.717) is 35.5 Å². The number of para-hydroxylation sites is 1. The predicted octanol–water partition coefficient (Wildman–Crippen LogP) is 3.83. The number of aryl methyl sites for hydroxylation is 2. The van der Waals surface area contributed by atoms with Crippen LogP contribution in [0.25, 0.3) is 28.1 Å². The van der Waals surface area contributed by atoms with Gasteiger partial charge in [0.1, 0.15) is 0 Å². The highest BCUT2D eigenvalue weighted by atomic mass is 16.1. The predicted molar refractivity (Wildman–Crippen MR) is 115 cm³/mol. The standard InChI is InChI=1S/C24H17N5O/c25-16-18-10-12-19(13-11-18)22-26-27-24-28(15-14-17-6-2-1-3-7-17)23(30)20-8-4-5-9-21(20)29(22)24/h1-13H,14-15H2. The van der Waals surface area contributed by atoms with Crippen LogP contribution >= 0.6 is 0 Å².